The molecule has 4 fully saturated rings. The molecule has 1 aromatic heterocycles. The van der Waals surface area contributed by atoms with Crippen LogP contribution in [0.15, 0.2) is 23.0 Å². The first-order valence-electron chi connectivity index (χ1n) is 15.8. The summed E-state index contributed by atoms with van der Waals surface area (Å²) in [4.78, 5) is 39.2. The van der Waals surface area contributed by atoms with Crippen molar-refractivity contribution in [3.63, 3.8) is 0 Å². The minimum Gasteiger partial charge on any atom is -0.481 e. The Labute approximate surface area is 271 Å². The van der Waals surface area contributed by atoms with E-state index in [0.717, 1.165) is 0 Å². The molecule has 1 spiro atoms. The van der Waals surface area contributed by atoms with E-state index in [-0.39, 0.29) is 19.3 Å². The van der Waals surface area contributed by atoms with Gasteiger partial charge in [-0.2, -0.15) is 0 Å². The summed E-state index contributed by atoms with van der Waals surface area (Å²) < 4.78 is 23.6. The quantitative estimate of drug-likeness (QED) is 0.152. The number of fused-ring (bicyclic) bond motifs is 2. The van der Waals surface area contributed by atoms with Gasteiger partial charge in [-0.3, -0.25) is 9.59 Å². The normalized spacial score (nSPS) is 44.9. The highest BCUT2D eigenvalue weighted by Gasteiger charge is 2.86. The highest BCUT2D eigenvalue weighted by Crippen LogP contribution is 2.77. The van der Waals surface area contributed by atoms with Crippen LogP contribution in [0.2, 0.25) is 0 Å². The number of aliphatic hydroxyl groups excluding tert-OH is 5. The molecule has 5 rings (SSSR count). The van der Waals surface area contributed by atoms with Gasteiger partial charge in [0.25, 0.3) is 0 Å². The second-order valence-corrected chi connectivity index (χ2v) is 14.9. The van der Waals surface area contributed by atoms with Gasteiger partial charge in [0.1, 0.15) is 35.8 Å². The Bertz CT molecular complexity index is 1360. The number of carboxylic acid groups (broad SMARTS) is 2. The highest BCUT2D eigenvalue weighted by atomic mass is 16.7. The number of ketones is 1. The third-order valence-electron chi connectivity index (χ3n) is 12.1. The maximum absolute atomic E-state index is 14.6. The van der Waals surface area contributed by atoms with Gasteiger partial charge in [0, 0.05) is 28.7 Å². The second kappa shape index (κ2) is 11.8. The first-order chi connectivity index (χ1) is 21.7. The topological polar surface area (TPSA) is 257 Å². The molecule has 0 amide bonds. The Morgan fingerprint density at radius 1 is 1.11 bits per heavy atom. The van der Waals surface area contributed by atoms with Crippen molar-refractivity contribution in [2.75, 3.05) is 6.61 Å². The van der Waals surface area contributed by atoms with Gasteiger partial charge in [-0.25, -0.2) is 4.79 Å². The molecule has 2 saturated carbocycles. The number of ether oxygens (including phenoxy) is 3. The number of carboxylic acids is 2. The van der Waals surface area contributed by atoms with Crippen molar-refractivity contribution in [3.8, 4) is 0 Å². The van der Waals surface area contributed by atoms with Crippen LogP contribution in [-0.2, 0) is 28.6 Å². The third kappa shape index (κ3) is 5.08. The minimum atomic E-state index is -1.84. The van der Waals surface area contributed by atoms with E-state index in [1.54, 1.807) is 20.8 Å². The van der Waals surface area contributed by atoms with Crippen LogP contribution >= 0.6 is 0 Å². The molecule has 0 bridgehead atoms. The van der Waals surface area contributed by atoms with Gasteiger partial charge < -0.3 is 59.5 Å². The van der Waals surface area contributed by atoms with Crippen molar-refractivity contribution in [2.45, 2.75) is 121 Å². The number of furan rings is 1. The smallest absolute Gasteiger partial charge is 0.335 e. The summed E-state index contributed by atoms with van der Waals surface area (Å²) in [7, 11) is 0. The number of epoxide rings is 1. The van der Waals surface area contributed by atoms with E-state index in [1.165, 1.54) is 32.4 Å². The van der Waals surface area contributed by atoms with Crippen molar-refractivity contribution in [1.82, 2.24) is 0 Å². The Balaban J connectivity index is 1.67. The monoisotopic (exact) mass is 670 g/mol. The molecule has 8 N–H and O–H groups in total. The second-order valence-electron chi connectivity index (χ2n) is 14.9. The largest absolute Gasteiger partial charge is 0.481 e. The van der Waals surface area contributed by atoms with Crippen LogP contribution in [0.5, 0.6) is 0 Å². The van der Waals surface area contributed by atoms with Gasteiger partial charge in [0.2, 0.25) is 0 Å². The average Bonchev–Trinajstić information content (AvgIpc) is 3.55. The summed E-state index contributed by atoms with van der Waals surface area (Å²) in [5.74, 6) is -4.89. The van der Waals surface area contributed by atoms with Crippen LogP contribution in [0, 0.1) is 28.1 Å². The van der Waals surface area contributed by atoms with Crippen molar-refractivity contribution >= 4 is 17.7 Å². The van der Waals surface area contributed by atoms with Gasteiger partial charge in [-0.15, -0.1) is 0 Å². The van der Waals surface area contributed by atoms with Crippen LogP contribution in [0.25, 0.3) is 0 Å². The van der Waals surface area contributed by atoms with Crippen molar-refractivity contribution in [1.29, 1.82) is 0 Å². The molecule has 15 nitrogen and oxygen atoms in total. The summed E-state index contributed by atoms with van der Waals surface area (Å²) in [5.41, 5.74) is -7.56. The number of Topliss-reactive ketones (excluding diaryl/α,β-unsaturated/α-hetero) is 1. The van der Waals surface area contributed by atoms with E-state index in [9.17, 15) is 55.2 Å². The van der Waals surface area contributed by atoms with Crippen molar-refractivity contribution in [3.05, 3.63) is 24.2 Å². The summed E-state index contributed by atoms with van der Waals surface area (Å²) >= 11 is 0. The van der Waals surface area contributed by atoms with E-state index in [4.69, 9.17) is 18.6 Å². The highest BCUT2D eigenvalue weighted by molar-refractivity contribution is 5.92. The third-order valence-corrected chi connectivity index (χ3v) is 12.1. The molecule has 2 aliphatic carbocycles. The Kier molecular flexibility index (Phi) is 9.03. The molecule has 47 heavy (non-hydrogen) atoms. The lowest BCUT2D eigenvalue weighted by atomic mass is 9.37. The molecular formula is C32H46O15. The molecule has 0 radical (unpaired) electrons. The van der Waals surface area contributed by atoms with Gasteiger partial charge in [0.15, 0.2) is 12.4 Å². The molecule has 2 saturated heterocycles. The van der Waals surface area contributed by atoms with Crippen LogP contribution in [0.4, 0.5) is 0 Å². The van der Waals surface area contributed by atoms with E-state index < -0.39 is 119 Å². The summed E-state index contributed by atoms with van der Waals surface area (Å²) in [6.45, 7) is 7.11. The average molecular weight is 671 g/mol. The van der Waals surface area contributed by atoms with Gasteiger partial charge in [-0.05, 0) is 45.6 Å². The van der Waals surface area contributed by atoms with Gasteiger partial charge in [-0.1, -0.05) is 13.8 Å². The summed E-state index contributed by atoms with van der Waals surface area (Å²) in [6.07, 6.45) is -10.7. The summed E-state index contributed by atoms with van der Waals surface area (Å²) in [5, 5.41) is 84.4. The van der Waals surface area contributed by atoms with E-state index in [0.29, 0.717) is 5.56 Å². The minimum absolute atomic E-state index is 0.0749. The molecule has 4 aliphatic rings. The number of hydrogen-bond donors (Lipinski definition) is 8. The van der Waals surface area contributed by atoms with Crippen molar-refractivity contribution in [2.24, 2.45) is 28.1 Å². The standard InChI is InChI=1S/C32H46O15/c1-28(2,43)17-10-19(35)31(5)16(30(17,4)18(34)11-20(36)37)6-8-29(3,32(31)25(47-32)26(41)42)24(14-7-9-44-13-14)46-27-23(40)22(39)21(38)15(12-33)45-27/h7,9,13,15-18,21-25,27,33-34,38-40,43H,6,8,10-12H2,1-5H3,(H,36,37)(H,41,42)/t15-,16-,17+,18-,21-,22+,23-,24+,25-,27+,29+,30-,31+,32-/m1/s1. The van der Waals surface area contributed by atoms with Crippen molar-refractivity contribution < 1.29 is 73.9 Å². The number of hydrogen-bond acceptors (Lipinski definition) is 13. The number of carbonyl (C=O) groups excluding carboxylic acids is 1. The molecule has 2 aliphatic heterocycles. The molecule has 0 unspecified atom stereocenters. The lowest BCUT2D eigenvalue weighted by Crippen LogP contribution is -2.72. The maximum atomic E-state index is 14.6. The lowest BCUT2D eigenvalue weighted by molar-refractivity contribution is -0.328. The zero-order valence-electron chi connectivity index (χ0n) is 27.0. The lowest BCUT2D eigenvalue weighted by Gasteiger charge is -2.66. The molecule has 0 aromatic carbocycles. The molecule has 15 heteroatoms. The first kappa shape index (κ1) is 35.8. The van der Waals surface area contributed by atoms with Crippen LogP contribution < -0.4 is 0 Å². The Morgan fingerprint density at radius 3 is 2.28 bits per heavy atom. The molecule has 3 heterocycles. The SMILES string of the molecule is CC(C)(O)[C@@H]1CC(=O)[C@]2(C)[C@H](CC[C@@](C)([C@@H](O[C@@H]3O[C@H](CO)[C@@H](O)[C@H](O)[C@H]3O)c3ccoc3)[C@@]23O[C@@H]3C(=O)O)[C@@]1(C)[C@H](O)CC(=O)O. The fraction of sp³-hybridized carbons (Fsp3) is 0.781. The van der Waals surface area contributed by atoms with E-state index in [2.05, 4.69) is 0 Å². The fourth-order valence-electron chi connectivity index (χ4n) is 9.69. The molecule has 14 atom stereocenters. The molecule has 1 aromatic rings. The van der Waals surface area contributed by atoms with Gasteiger partial charge in [0.05, 0.1) is 48.8 Å². The molecule has 264 valence electrons. The number of carbonyl (C=O) groups is 3. The summed E-state index contributed by atoms with van der Waals surface area (Å²) in [6, 6.07) is 1.54. The number of rotatable bonds is 10. The maximum Gasteiger partial charge on any atom is 0.335 e. The number of aliphatic hydroxyl groups is 6. The molecular weight excluding hydrogens is 624 g/mol. The Hall–Kier alpha value is -2.47. The fourth-order valence-corrected chi connectivity index (χ4v) is 9.69. The van der Waals surface area contributed by atoms with E-state index in [1.807, 2.05) is 0 Å². The van der Waals surface area contributed by atoms with Crippen LogP contribution in [0.1, 0.15) is 72.0 Å². The number of aliphatic carboxylic acids is 2. The zero-order valence-corrected chi connectivity index (χ0v) is 27.0. The van der Waals surface area contributed by atoms with E-state index >= 15 is 0 Å². The van der Waals surface area contributed by atoms with Crippen LogP contribution in [-0.4, -0.2) is 119 Å². The Morgan fingerprint density at radius 2 is 1.77 bits per heavy atom. The van der Waals surface area contributed by atoms with Gasteiger partial charge >= 0.3 is 11.9 Å². The first-order valence-corrected chi connectivity index (χ1v) is 15.8. The zero-order chi connectivity index (χ0) is 35.1. The van der Waals surface area contributed by atoms with Crippen LogP contribution in [0.3, 0.4) is 0 Å². The predicted octanol–water partition coefficient (Wildman–Crippen LogP) is -0.0162. The predicted molar refractivity (Wildman–Crippen MR) is 156 cm³/mol.